The summed E-state index contributed by atoms with van der Waals surface area (Å²) in [5.74, 6) is 0.773. The van der Waals surface area contributed by atoms with Gasteiger partial charge in [-0.25, -0.2) is 0 Å². The number of aliphatic hydroxyl groups is 1. The van der Waals surface area contributed by atoms with Crippen LogP contribution in [0.2, 0.25) is 0 Å². The van der Waals surface area contributed by atoms with Gasteiger partial charge in [-0.1, -0.05) is 33.6 Å². The predicted octanol–water partition coefficient (Wildman–Crippen LogP) is 2.66. The molecule has 0 radical (unpaired) electrons. The second kappa shape index (κ2) is 6.49. The zero-order chi connectivity index (χ0) is 11.3. The van der Waals surface area contributed by atoms with Crippen LogP contribution in [0.1, 0.15) is 52.9 Å². The standard InChI is InChI=1S/C13H27NO/c1-4-5-6-12-9-13(15)10-14(12)8-7-11(2)3/h11-13,15H,4-10H2,1-3H3/t12-,13-/m1/s1. The average Bonchev–Trinajstić information content (AvgIpc) is 2.52. The number of aliphatic hydroxyl groups excluding tert-OH is 1. The minimum absolute atomic E-state index is 0.0704. The van der Waals surface area contributed by atoms with Crippen molar-refractivity contribution in [2.24, 2.45) is 5.92 Å². The number of unbranched alkanes of at least 4 members (excludes halogenated alkanes) is 1. The summed E-state index contributed by atoms with van der Waals surface area (Å²) in [4.78, 5) is 2.50. The summed E-state index contributed by atoms with van der Waals surface area (Å²) in [6.07, 6.45) is 6.03. The highest BCUT2D eigenvalue weighted by atomic mass is 16.3. The SMILES string of the molecule is CCCC[C@@H]1C[C@@H](O)CN1CCC(C)C. The second-order valence-corrected chi connectivity index (χ2v) is 5.36. The fourth-order valence-electron chi connectivity index (χ4n) is 2.40. The Bertz CT molecular complexity index is 170. The maximum absolute atomic E-state index is 9.69. The normalized spacial score (nSPS) is 27.8. The molecule has 0 aromatic rings. The quantitative estimate of drug-likeness (QED) is 0.733. The first-order chi connectivity index (χ1) is 7.13. The molecular formula is C13H27NO. The summed E-state index contributed by atoms with van der Waals surface area (Å²) in [6.45, 7) is 8.86. The number of nitrogens with zero attached hydrogens (tertiary/aromatic N) is 1. The van der Waals surface area contributed by atoms with Gasteiger partial charge in [-0.15, -0.1) is 0 Å². The molecule has 15 heavy (non-hydrogen) atoms. The lowest BCUT2D eigenvalue weighted by molar-refractivity contribution is 0.171. The van der Waals surface area contributed by atoms with Gasteiger partial charge < -0.3 is 5.11 Å². The molecule has 2 nitrogen and oxygen atoms in total. The minimum Gasteiger partial charge on any atom is -0.392 e. The van der Waals surface area contributed by atoms with Crippen molar-refractivity contribution in [2.45, 2.75) is 65.0 Å². The zero-order valence-electron chi connectivity index (χ0n) is 10.6. The third-order valence-electron chi connectivity index (χ3n) is 3.39. The van der Waals surface area contributed by atoms with Gasteiger partial charge in [0.2, 0.25) is 0 Å². The second-order valence-electron chi connectivity index (χ2n) is 5.36. The van der Waals surface area contributed by atoms with Crippen LogP contribution in [0.5, 0.6) is 0 Å². The number of hydrogen-bond acceptors (Lipinski definition) is 2. The van der Waals surface area contributed by atoms with Crippen LogP contribution in [0.3, 0.4) is 0 Å². The molecule has 0 aliphatic carbocycles. The first kappa shape index (κ1) is 13.0. The Labute approximate surface area is 94.7 Å². The smallest absolute Gasteiger partial charge is 0.0682 e. The lowest BCUT2D eigenvalue weighted by Gasteiger charge is -2.24. The molecule has 1 N–H and O–H groups in total. The molecule has 1 saturated heterocycles. The molecule has 0 unspecified atom stereocenters. The van der Waals surface area contributed by atoms with Gasteiger partial charge >= 0.3 is 0 Å². The summed E-state index contributed by atoms with van der Waals surface area (Å²) in [6, 6.07) is 0.652. The van der Waals surface area contributed by atoms with Crippen molar-refractivity contribution < 1.29 is 5.11 Å². The highest BCUT2D eigenvalue weighted by molar-refractivity contribution is 4.84. The van der Waals surface area contributed by atoms with E-state index in [4.69, 9.17) is 0 Å². The third-order valence-corrected chi connectivity index (χ3v) is 3.39. The van der Waals surface area contributed by atoms with Gasteiger partial charge in [0.25, 0.3) is 0 Å². The highest BCUT2D eigenvalue weighted by Crippen LogP contribution is 2.23. The Morgan fingerprint density at radius 3 is 2.73 bits per heavy atom. The van der Waals surface area contributed by atoms with Crippen LogP contribution in [0.4, 0.5) is 0 Å². The van der Waals surface area contributed by atoms with Crippen LogP contribution in [0.25, 0.3) is 0 Å². The van der Waals surface area contributed by atoms with Crippen molar-refractivity contribution in [1.82, 2.24) is 4.90 Å². The van der Waals surface area contributed by atoms with E-state index in [-0.39, 0.29) is 6.10 Å². The zero-order valence-corrected chi connectivity index (χ0v) is 10.6. The maximum atomic E-state index is 9.69. The van der Waals surface area contributed by atoms with Crippen molar-refractivity contribution in [1.29, 1.82) is 0 Å². The van der Waals surface area contributed by atoms with E-state index in [9.17, 15) is 5.11 Å². The Morgan fingerprint density at radius 1 is 1.40 bits per heavy atom. The molecule has 1 heterocycles. The van der Waals surface area contributed by atoms with Crippen molar-refractivity contribution in [3.8, 4) is 0 Å². The van der Waals surface area contributed by atoms with E-state index in [1.54, 1.807) is 0 Å². The fourth-order valence-corrected chi connectivity index (χ4v) is 2.40. The van der Waals surface area contributed by atoms with Crippen LogP contribution in [0, 0.1) is 5.92 Å². The number of β-amino-alcohol motifs (C(OH)–C–C–N with tert-alkyl or cyclic N) is 1. The van der Waals surface area contributed by atoms with Crippen molar-refractivity contribution in [3.63, 3.8) is 0 Å². The lowest BCUT2D eigenvalue weighted by Crippen LogP contribution is -2.31. The van der Waals surface area contributed by atoms with E-state index >= 15 is 0 Å². The molecule has 1 rings (SSSR count). The molecule has 0 aromatic heterocycles. The van der Waals surface area contributed by atoms with Gasteiger partial charge in [0.05, 0.1) is 6.10 Å². The summed E-state index contributed by atoms with van der Waals surface area (Å²) in [5.41, 5.74) is 0. The van der Waals surface area contributed by atoms with Crippen LogP contribution in [-0.2, 0) is 0 Å². The van der Waals surface area contributed by atoms with Crippen LogP contribution >= 0.6 is 0 Å². The minimum atomic E-state index is -0.0704. The molecule has 1 aliphatic rings. The first-order valence-electron chi connectivity index (χ1n) is 6.55. The van der Waals surface area contributed by atoms with E-state index in [0.717, 1.165) is 18.9 Å². The molecule has 2 atom stereocenters. The summed E-state index contributed by atoms with van der Waals surface area (Å²) >= 11 is 0. The summed E-state index contributed by atoms with van der Waals surface area (Å²) < 4.78 is 0. The van der Waals surface area contributed by atoms with Gasteiger partial charge in [0, 0.05) is 12.6 Å². The molecule has 90 valence electrons. The number of likely N-dealkylation sites (tertiary alicyclic amines) is 1. The molecule has 0 bridgehead atoms. The fraction of sp³-hybridized carbons (Fsp3) is 1.00. The largest absolute Gasteiger partial charge is 0.392 e. The first-order valence-corrected chi connectivity index (χ1v) is 6.55. The van der Waals surface area contributed by atoms with E-state index < -0.39 is 0 Å². The predicted molar refractivity (Wildman–Crippen MR) is 65.0 cm³/mol. The van der Waals surface area contributed by atoms with E-state index in [2.05, 4.69) is 25.7 Å². The lowest BCUT2D eigenvalue weighted by atomic mass is 10.1. The van der Waals surface area contributed by atoms with Crippen LogP contribution in [-0.4, -0.2) is 35.2 Å². The van der Waals surface area contributed by atoms with E-state index in [1.165, 1.54) is 32.2 Å². The van der Waals surface area contributed by atoms with Crippen molar-refractivity contribution in [3.05, 3.63) is 0 Å². The number of hydrogen-bond donors (Lipinski definition) is 1. The molecule has 0 aromatic carbocycles. The van der Waals surface area contributed by atoms with Gasteiger partial charge in [-0.05, 0) is 31.7 Å². The Kier molecular flexibility index (Phi) is 5.62. The highest BCUT2D eigenvalue weighted by Gasteiger charge is 2.29. The maximum Gasteiger partial charge on any atom is 0.0682 e. The van der Waals surface area contributed by atoms with E-state index in [0.29, 0.717) is 6.04 Å². The number of rotatable bonds is 6. The summed E-state index contributed by atoms with van der Waals surface area (Å²) in [5, 5.41) is 9.69. The van der Waals surface area contributed by atoms with Crippen LogP contribution in [0.15, 0.2) is 0 Å². The molecule has 0 amide bonds. The Morgan fingerprint density at radius 2 is 2.13 bits per heavy atom. The molecule has 0 spiro atoms. The Hall–Kier alpha value is -0.0800. The average molecular weight is 213 g/mol. The molecular weight excluding hydrogens is 186 g/mol. The molecule has 1 fully saturated rings. The van der Waals surface area contributed by atoms with Crippen molar-refractivity contribution in [2.75, 3.05) is 13.1 Å². The molecule has 0 saturated carbocycles. The molecule has 2 heteroatoms. The topological polar surface area (TPSA) is 23.5 Å². The van der Waals surface area contributed by atoms with E-state index in [1.807, 2.05) is 0 Å². The van der Waals surface area contributed by atoms with Gasteiger partial charge in [0.1, 0.15) is 0 Å². The van der Waals surface area contributed by atoms with Gasteiger partial charge in [0.15, 0.2) is 0 Å². The summed E-state index contributed by atoms with van der Waals surface area (Å²) in [7, 11) is 0. The van der Waals surface area contributed by atoms with Crippen molar-refractivity contribution >= 4 is 0 Å². The van der Waals surface area contributed by atoms with Gasteiger partial charge in [-0.3, -0.25) is 4.90 Å². The van der Waals surface area contributed by atoms with Gasteiger partial charge in [-0.2, -0.15) is 0 Å². The Balaban J connectivity index is 2.31. The monoisotopic (exact) mass is 213 g/mol. The molecule has 1 aliphatic heterocycles. The third kappa shape index (κ3) is 4.52. The van der Waals surface area contributed by atoms with Crippen LogP contribution < -0.4 is 0 Å².